The molecule has 9 heteroatoms. The van der Waals surface area contributed by atoms with Gasteiger partial charge in [0, 0.05) is 18.1 Å². The second kappa shape index (κ2) is 8.16. The zero-order valence-corrected chi connectivity index (χ0v) is 18.5. The van der Waals surface area contributed by atoms with Crippen LogP contribution in [0.3, 0.4) is 0 Å². The number of hydrogen-bond acceptors (Lipinski definition) is 6. The molecule has 1 spiro atoms. The van der Waals surface area contributed by atoms with E-state index in [-0.39, 0.29) is 24.5 Å². The van der Waals surface area contributed by atoms with Crippen molar-refractivity contribution < 1.29 is 23.9 Å². The van der Waals surface area contributed by atoms with Gasteiger partial charge < -0.3 is 15.0 Å². The van der Waals surface area contributed by atoms with Crippen LogP contribution in [-0.4, -0.2) is 76.4 Å². The van der Waals surface area contributed by atoms with E-state index >= 15 is 0 Å². The number of carbonyl (C=O) groups is 4. The fraction of sp³-hybridized carbons (Fsp3) is 0.800. The van der Waals surface area contributed by atoms with Crippen LogP contribution in [0.25, 0.3) is 0 Å². The smallest absolute Gasteiger partial charge is 0.329 e. The van der Waals surface area contributed by atoms with Gasteiger partial charge in [-0.25, -0.2) is 9.59 Å². The Balaban J connectivity index is 1.74. The van der Waals surface area contributed by atoms with Gasteiger partial charge in [0.05, 0.1) is 6.61 Å². The zero-order valence-electron chi connectivity index (χ0n) is 17.7. The van der Waals surface area contributed by atoms with Crippen molar-refractivity contribution in [3.8, 4) is 0 Å². The number of nitrogens with zero attached hydrogens (tertiary/aromatic N) is 2. The topological polar surface area (TPSA) is 96.0 Å². The van der Waals surface area contributed by atoms with E-state index in [1.165, 1.54) is 4.90 Å². The first kappa shape index (κ1) is 21.9. The third kappa shape index (κ3) is 4.39. The van der Waals surface area contributed by atoms with Crippen molar-refractivity contribution in [3.05, 3.63) is 0 Å². The fourth-order valence-corrected chi connectivity index (χ4v) is 6.24. The minimum Gasteiger partial charge on any atom is -0.464 e. The maximum atomic E-state index is 13.2. The molecule has 0 aromatic heterocycles. The Morgan fingerprint density at radius 1 is 1.28 bits per heavy atom. The molecule has 29 heavy (non-hydrogen) atoms. The van der Waals surface area contributed by atoms with Crippen molar-refractivity contribution in [1.29, 1.82) is 0 Å². The highest BCUT2D eigenvalue weighted by Crippen LogP contribution is 2.46. The maximum Gasteiger partial charge on any atom is 0.329 e. The second-order valence-electron chi connectivity index (χ2n) is 9.19. The lowest BCUT2D eigenvalue weighted by Gasteiger charge is -2.43. The molecule has 3 atom stereocenters. The van der Waals surface area contributed by atoms with Gasteiger partial charge in [0.2, 0.25) is 5.91 Å². The molecule has 3 rings (SSSR count). The summed E-state index contributed by atoms with van der Waals surface area (Å²) in [5.74, 6) is 0.301. The van der Waals surface area contributed by atoms with Crippen molar-refractivity contribution >= 4 is 35.6 Å². The molecule has 0 bridgehead atoms. The number of hydrogen-bond donors (Lipinski definition) is 1. The van der Waals surface area contributed by atoms with E-state index in [9.17, 15) is 19.2 Å². The Hall–Kier alpha value is -1.77. The van der Waals surface area contributed by atoms with E-state index < -0.39 is 29.5 Å². The van der Waals surface area contributed by atoms with E-state index in [1.54, 1.807) is 18.7 Å². The van der Waals surface area contributed by atoms with Gasteiger partial charge in [-0.2, -0.15) is 11.8 Å². The molecule has 162 valence electrons. The molecule has 1 N–H and O–H groups in total. The van der Waals surface area contributed by atoms with Crippen LogP contribution in [0.2, 0.25) is 0 Å². The summed E-state index contributed by atoms with van der Waals surface area (Å²) in [4.78, 5) is 53.6. The number of rotatable bonds is 4. The summed E-state index contributed by atoms with van der Waals surface area (Å²) in [6.07, 6.45) is 2.13. The van der Waals surface area contributed by atoms with Crippen molar-refractivity contribution in [2.24, 2.45) is 11.3 Å². The lowest BCUT2D eigenvalue weighted by molar-refractivity contribution is -0.154. The van der Waals surface area contributed by atoms with Gasteiger partial charge in [-0.1, -0.05) is 20.8 Å². The van der Waals surface area contributed by atoms with Crippen molar-refractivity contribution in [1.82, 2.24) is 15.1 Å². The standard InChI is InChI=1S/C20H31N3O5S/c1-5-28-16(25)14-11-29-7-6-22(14)15(24)10-23-17(26)20(21-18(23)27)9-13(2)8-19(3,4)12-20/h13-14H,5-12H2,1-4H3,(H,21,27)/t13-,14-,20+/m0/s1. The third-order valence-electron chi connectivity index (χ3n) is 5.93. The summed E-state index contributed by atoms with van der Waals surface area (Å²) in [6.45, 7) is 8.31. The number of ether oxygens (including phenoxy) is 1. The minimum atomic E-state index is -0.934. The minimum absolute atomic E-state index is 0.0697. The third-order valence-corrected chi connectivity index (χ3v) is 6.95. The average Bonchev–Trinajstić information content (AvgIpc) is 2.83. The average molecular weight is 426 g/mol. The Morgan fingerprint density at radius 2 is 2.00 bits per heavy atom. The van der Waals surface area contributed by atoms with Crippen LogP contribution in [0.15, 0.2) is 0 Å². The molecular formula is C20H31N3O5S. The summed E-state index contributed by atoms with van der Waals surface area (Å²) in [5, 5.41) is 2.89. The number of esters is 1. The van der Waals surface area contributed by atoms with E-state index in [0.717, 1.165) is 11.3 Å². The highest BCUT2D eigenvalue weighted by Gasteiger charge is 2.56. The fourth-order valence-electron chi connectivity index (χ4n) is 5.21. The van der Waals surface area contributed by atoms with E-state index in [2.05, 4.69) is 26.1 Å². The summed E-state index contributed by atoms with van der Waals surface area (Å²) >= 11 is 1.59. The number of urea groups is 1. The molecule has 3 fully saturated rings. The molecule has 0 aromatic carbocycles. The van der Waals surface area contributed by atoms with Crippen LogP contribution in [0.5, 0.6) is 0 Å². The molecule has 8 nitrogen and oxygen atoms in total. The molecule has 3 aliphatic rings. The largest absolute Gasteiger partial charge is 0.464 e. The predicted octanol–water partition coefficient (Wildman–Crippen LogP) is 1.63. The highest BCUT2D eigenvalue weighted by atomic mass is 32.2. The van der Waals surface area contributed by atoms with Crippen LogP contribution < -0.4 is 5.32 Å². The predicted molar refractivity (Wildman–Crippen MR) is 109 cm³/mol. The number of amides is 4. The van der Waals surface area contributed by atoms with Gasteiger partial charge in [0.25, 0.3) is 5.91 Å². The van der Waals surface area contributed by atoms with Crippen LogP contribution in [0.4, 0.5) is 4.79 Å². The SMILES string of the molecule is CCOC(=O)[C@@H]1CSCCN1C(=O)CN1C(=O)N[C@@]2(C[C@@H](C)CC(C)(C)C2)C1=O. The maximum absolute atomic E-state index is 13.2. The Bertz CT molecular complexity index is 712. The van der Waals surface area contributed by atoms with Gasteiger partial charge in [0.1, 0.15) is 18.1 Å². The van der Waals surface area contributed by atoms with Crippen LogP contribution in [0, 0.1) is 11.3 Å². The molecule has 1 aliphatic carbocycles. The van der Waals surface area contributed by atoms with E-state index in [4.69, 9.17) is 4.74 Å². The number of carbonyl (C=O) groups excluding carboxylic acids is 4. The summed E-state index contributed by atoms with van der Waals surface area (Å²) < 4.78 is 5.09. The Morgan fingerprint density at radius 3 is 2.66 bits per heavy atom. The van der Waals surface area contributed by atoms with E-state index in [1.807, 2.05) is 0 Å². The van der Waals surface area contributed by atoms with Gasteiger partial charge >= 0.3 is 12.0 Å². The summed E-state index contributed by atoms with van der Waals surface area (Å²) in [5.41, 5.74) is -1.00. The lowest BCUT2D eigenvalue weighted by atomic mass is 9.64. The zero-order chi connectivity index (χ0) is 21.4. The van der Waals surface area contributed by atoms with Gasteiger partial charge in [-0.15, -0.1) is 0 Å². The van der Waals surface area contributed by atoms with Gasteiger partial charge in [0.15, 0.2) is 0 Å². The number of thioether (sulfide) groups is 1. The molecule has 0 unspecified atom stereocenters. The van der Waals surface area contributed by atoms with Crippen molar-refractivity contribution in [2.75, 3.05) is 31.2 Å². The van der Waals surface area contributed by atoms with Crippen molar-refractivity contribution in [3.63, 3.8) is 0 Å². The molecule has 4 amide bonds. The first-order valence-corrected chi connectivity index (χ1v) is 11.4. The van der Waals surface area contributed by atoms with Crippen LogP contribution in [0.1, 0.15) is 47.0 Å². The lowest BCUT2D eigenvalue weighted by Crippen LogP contribution is -2.55. The van der Waals surface area contributed by atoms with Crippen LogP contribution >= 0.6 is 11.8 Å². The summed E-state index contributed by atoms with van der Waals surface area (Å²) in [6, 6.07) is -1.20. The Kier molecular flexibility index (Phi) is 6.17. The van der Waals surface area contributed by atoms with E-state index in [0.29, 0.717) is 36.8 Å². The van der Waals surface area contributed by atoms with Gasteiger partial charge in [-0.3, -0.25) is 14.5 Å². The number of imide groups is 1. The molecule has 2 heterocycles. The van der Waals surface area contributed by atoms with Gasteiger partial charge in [-0.05, 0) is 37.5 Å². The van der Waals surface area contributed by atoms with Crippen LogP contribution in [-0.2, 0) is 19.1 Å². The quantitative estimate of drug-likeness (QED) is 0.543. The normalized spacial score (nSPS) is 31.7. The molecular weight excluding hydrogens is 394 g/mol. The molecule has 0 aromatic rings. The monoisotopic (exact) mass is 425 g/mol. The molecule has 2 saturated heterocycles. The first-order valence-electron chi connectivity index (χ1n) is 10.3. The Labute approximate surface area is 176 Å². The first-order chi connectivity index (χ1) is 13.6. The molecule has 1 saturated carbocycles. The number of nitrogens with one attached hydrogen (secondary N) is 1. The summed E-state index contributed by atoms with van der Waals surface area (Å²) in [7, 11) is 0. The molecule has 2 aliphatic heterocycles. The second-order valence-corrected chi connectivity index (χ2v) is 10.3. The highest BCUT2D eigenvalue weighted by molar-refractivity contribution is 7.99. The van der Waals surface area contributed by atoms with Crippen molar-refractivity contribution in [2.45, 2.75) is 58.5 Å². The molecule has 0 radical (unpaired) electrons.